The number of nitrogens with one attached hydrogen (secondary N) is 1. The smallest absolute Gasteiger partial charge is 0.0641 e. The molecule has 3 atom stereocenters. The molecule has 1 aromatic rings. The molecule has 0 radical (unpaired) electrons. The zero-order valence-corrected chi connectivity index (χ0v) is 9.70. The molecular weight excluding hydrogens is 224 g/mol. The van der Waals surface area contributed by atoms with Crippen molar-refractivity contribution in [3.8, 4) is 0 Å². The highest BCUT2D eigenvalue weighted by Crippen LogP contribution is 2.41. The van der Waals surface area contributed by atoms with Gasteiger partial charge in [-0.2, -0.15) is 0 Å². The van der Waals surface area contributed by atoms with Gasteiger partial charge in [0.15, 0.2) is 0 Å². The minimum atomic E-state index is 0.0280. The quantitative estimate of drug-likeness (QED) is 0.728. The van der Waals surface area contributed by atoms with Crippen LogP contribution >= 0.6 is 11.6 Å². The minimum Gasteiger partial charge on any atom is -0.381 e. The maximum absolute atomic E-state index is 6.29. The molecule has 0 saturated carbocycles. The molecule has 0 aromatic heterocycles. The van der Waals surface area contributed by atoms with E-state index in [1.165, 1.54) is 0 Å². The van der Waals surface area contributed by atoms with Crippen LogP contribution in [0, 0.1) is 5.92 Å². The van der Waals surface area contributed by atoms with Gasteiger partial charge in [-0.05, 0) is 18.1 Å². The van der Waals surface area contributed by atoms with Crippen LogP contribution in [0.3, 0.4) is 0 Å². The van der Waals surface area contributed by atoms with Gasteiger partial charge < -0.3 is 15.8 Å². The molecule has 0 aliphatic carbocycles. The van der Waals surface area contributed by atoms with Crippen LogP contribution in [-0.4, -0.2) is 19.3 Å². The first kappa shape index (κ1) is 10.4. The lowest BCUT2D eigenvalue weighted by molar-refractivity contribution is 0.0342. The number of hydrogen-bond donors (Lipinski definition) is 2. The van der Waals surface area contributed by atoms with E-state index in [9.17, 15) is 0 Å². The summed E-state index contributed by atoms with van der Waals surface area (Å²) < 4.78 is 5.50. The Hall–Kier alpha value is -0.770. The number of ether oxygens (including phenoxy) is 1. The van der Waals surface area contributed by atoms with E-state index < -0.39 is 0 Å². The van der Waals surface area contributed by atoms with E-state index in [0.29, 0.717) is 12.0 Å². The normalized spacial score (nSPS) is 32.5. The van der Waals surface area contributed by atoms with Crippen molar-refractivity contribution >= 4 is 17.3 Å². The Morgan fingerprint density at radius 3 is 3.19 bits per heavy atom. The predicted octanol–water partition coefficient (Wildman–Crippen LogP) is 2.17. The second-order valence-electron chi connectivity index (χ2n) is 4.51. The number of hydrogen-bond acceptors (Lipinski definition) is 3. The van der Waals surface area contributed by atoms with E-state index >= 15 is 0 Å². The Bertz CT molecular complexity index is 410. The molecular formula is C12H15ClN2O. The van der Waals surface area contributed by atoms with Gasteiger partial charge in [-0.1, -0.05) is 23.7 Å². The van der Waals surface area contributed by atoms with Crippen molar-refractivity contribution in [1.29, 1.82) is 0 Å². The lowest BCUT2D eigenvalue weighted by Crippen LogP contribution is -2.47. The number of halogens is 1. The van der Waals surface area contributed by atoms with Crippen LogP contribution < -0.4 is 11.1 Å². The second-order valence-corrected chi connectivity index (χ2v) is 4.92. The molecule has 3 nitrogen and oxygen atoms in total. The van der Waals surface area contributed by atoms with E-state index in [1.807, 2.05) is 18.2 Å². The molecule has 0 spiro atoms. The minimum absolute atomic E-state index is 0.0280. The number of rotatable bonds is 0. The Morgan fingerprint density at radius 2 is 2.31 bits per heavy atom. The van der Waals surface area contributed by atoms with Gasteiger partial charge in [-0.15, -0.1) is 0 Å². The summed E-state index contributed by atoms with van der Waals surface area (Å²) in [7, 11) is 0. The van der Waals surface area contributed by atoms with Crippen molar-refractivity contribution in [2.75, 3.05) is 18.5 Å². The molecule has 86 valence electrons. The Balaban J connectivity index is 2.03. The van der Waals surface area contributed by atoms with Crippen LogP contribution in [0.1, 0.15) is 18.0 Å². The maximum atomic E-state index is 6.29. The van der Waals surface area contributed by atoms with Crippen LogP contribution in [0.2, 0.25) is 5.02 Å². The first-order valence-electron chi connectivity index (χ1n) is 5.65. The first-order chi connectivity index (χ1) is 7.77. The number of anilines is 1. The molecule has 0 bridgehead atoms. The van der Waals surface area contributed by atoms with E-state index in [-0.39, 0.29) is 6.04 Å². The number of benzene rings is 1. The third-order valence-electron chi connectivity index (χ3n) is 3.60. The van der Waals surface area contributed by atoms with Crippen molar-refractivity contribution in [3.63, 3.8) is 0 Å². The second kappa shape index (κ2) is 3.91. The lowest BCUT2D eigenvalue weighted by atomic mass is 9.81. The summed E-state index contributed by atoms with van der Waals surface area (Å²) in [6.07, 6.45) is 1.00. The Kier molecular flexibility index (Phi) is 2.54. The fourth-order valence-electron chi connectivity index (χ4n) is 2.68. The first-order valence-corrected chi connectivity index (χ1v) is 6.03. The van der Waals surface area contributed by atoms with E-state index in [1.54, 1.807) is 0 Å². The monoisotopic (exact) mass is 238 g/mol. The molecule has 3 rings (SSSR count). The third-order valence-corrected chi connectivity index (χ3v) is 3.91. The van der Waals surface area contributed by atoms with Crippen LogP contribution in [-0.2, 0) is 4.74 Å². The van der Waals surface area contributed by atoms with Crippen molar-refractivity contribution < 1.29 is 4.74 Å². The van der Waals surface area contributed by atoms with Crippen LogP contribution in [0.4, 0.5) is 5.69 Å². The number of fused-ring (bicyclic) bond motifs is 2. The average molecular weight is 239 g/mol. The van der Waals surface area contributed by atoms with E-state index in [0.717, 1.165) is 35.9 Å². The molecule has 1 saturated heterocycles. The van der Waals surface area contributed by atoms with Crippen molar-refractivity contribution in [3.05, 3.63) is 28.8 Å². The molecule has 1 aromatic carbocycles. The van der Waals surface area contributed by atoms with Gasteiger partial charge in [0.1, 0.15) is 0 Å². The van der Waals surface area contributed by atoms with Gasteiger partial charge in [-0.3, -0.25) is 0 Å². The van der Waals surface area contributed by atoms with Crippen molar-refractivity contribution in [1.82, 2.24) is 0 Å². The zero-order valence-electron chi connectivity index (χ0n) is 8.95. The molecule has 2 aliphatic rings. The molecule has 2 aliphatic heterocycles. The topological polar surface area (TPSA) is 47.3 Å². The molecule has 2 heterocycles. The maximum Gasteiger partial charge on any atom is 0.0641 e. The van der Waals surface area contributed by atoms with E-state index in [4.69, 9.17) is 22.1 Å². The highest BCUT2D eigenvalue weighted by atomic mass is 35.5. The average Bonchev–Trinajstić information content (AvgIpc) is 2.31. The van der Waals surface area contributed by atoms with Gasteiger partial charge in [0.05, 0.1) is 17.3 Å². The molecule has 3 N–H and O–H groups in total. The van der Waals surface area contributed by atoms with Gasteiger partial charge >= 0.3 is 0 Å². The Labute approximate surface area is 99.9 Å². The zero-order chi connectivity index (χ0) is 11.1. The number of nitrogens with two attached hydrogens (primary N) is 1. The summed E-state index contributed by atoms with van der Waals surface area (Å²) in [6, 6.07) is 6.33. The largest absolute Gasteiger partial charge is 0.381 e. The molecule has 0 amide bonds. The van der Waals surface area contributed by atoms with Gasteiger partial charge in [0.2, 0.25) is 0 Å². The highest BCUT2D eigenvalue weighted by Gasteiger charge is 2.37. The fourth-order valence-corrected chi connectivity index (χ4v) is 2.92. The summed E-state index contributed by atoms with van der Waals surface area (Å²) in [6.45, 7) is 1.55. The SMILES string of the molecule is NC1c2cccc(Cl)c2NC2CCOCC21. The predicted molar refractivity (Wildman–Crippen MR) is 64.7 cm³/mol. The van der Waals surface area contributed by atoms with Gasteiger partial charge in [-0.25, -0.2) is 0 Å². The molecule has 3 unspecified atom stereocenters. The summed E-state index contributed by atoms with van der Waals surface area (Å²) in [5.74, 6) is 0.361. The summed E-state index contributed by atoms with van der Waals surface area (Å²) in [5, 5.41) is 4.27. The van der Waals surface area contributed by atoms with Gasteiger partial charge in [0.25, 0.3) is 0 Å². The van der Waals surface area contributed by atoms with Crippen LogP contribution in [0.5, 0.6) is 0 Å². The van der Waals surface area contributed by atoms with Crippen molar-refractivity contribution in [2.45, 2.75) is 18.5 Å². The fraction of sp³-hybridized carbons (Fsp3) is 0.500. The van der Waals surface area contributed by atoms with Crippen LogP contribution in [0.25, 0.3) is 0 Å². The molecule has 4 heteroatoms. The summed E-state index contributed by atoms with van der Waals surface area (Å²) in [4.78, 5) is 0. The van der Waals surface area contributed by atoms with Crippen molar-refractivity contribution in [2.24, 2.45) is 11.7 Å². The standard InChI is InChI=1S/C12H15ClN2O/c13-9-3-1-2-7-11(14)8-6-16-5-4-10(8)15-12(7)9/h1-3,8,10-11,15H,4-6,14H2. The Morgan fingerprint density at radius 1 is 1.44 bits per heavy atom. The van der Waals surface area contributed by atoms with Crippen LogP contribution in [0.15, 0.2) is 18.2 Å². The summed E-state index contributed by atoms with van der Waals surface area (Å²) in [5.41, 5.74) is 8.42. The lowest BCUT2D eigenvalue weighted by Gasteiger charge is -2.41. The summed E-state index contributed by atoms with van der Waals surface area (Å²) >= 11 is 6.19. The highest BCUT2D eigenvalue weighted by molar-refractivity contribution is 6.33. The molecule has 16 heavy (non-hydrogen) atoms. The number of para-hydroxylation sites is 1. The molecule has 1 fully saturated rings. The van der Waals surface area contributed by atoms with Gasteiger partial charge in [0, 0.05) is 24.6 Å². The van der Waals surface area contributed by atoms with E-state index in [2.05, 4.69) is 5.32 Å². The third kappa shape index (κ3) is 1.51.